The number of anilines is 1. The summed E-state index contributed by atoms with van der Waals surface area (Å²) in [6, 6.07) is 7.55. The van der Waals surface area contributed by atoms with Crippen molar-refractivity contribution >= 4 is 5.69 Å². The van der Waals surface area contributed by atoms with Crippen LogP contribution in [0.1, 0.15) is 44.3 Å². The topological polar surface area (TPSA) is 64.9 Å². The Morgan fingerprint density at radius 3 is 3.00 bits per heavy atom. The zero-order chi connectivity index (χ0) is 13.2. The zero-order valence-corrected chi connectivity index (χ0v) is 11.2. The minimum atomic E-state index is 0.447. The van der Waals surface area contributed by atoms with Crippen molar-refractivity contribution in [3.63, 3.8) is 0 Å². The fourth-order valence-electron chi connectivity index (χ4n) is 2.86. The van der Waals surface area contributed by atoms with E-state index >= 15 is 0 Å². The number of nitrogen functional groups attached to an aromatic ring is 1. The molecule has 4 heteroatoms. The van der Waals surface area contributed by atoms with Crippen LogP contribution in [0.2, 0.25) is 0 Å². The monoisotopic (exact) mass is 257 g/mol. The molecule has 0 aliphatic heterocycles. The lowest BCUT2D eigenvalue weighted by Crippen LogP contribution is -2.12. The first-order valence-corrected chi connectivity index (χ1v) is 6.92. The fraction of sp³-hybridized carbons (Fsp3) is 0.467. The van der Waals surface area contributed by atoms with Crippen LogP contribution in [0.25, 0.3) is 11.5 Å². The third kappa shape index (κ3) is 2.62. The van der Waals surface area contributed by atoms with Gasteiger partial charge in [-0.3, -0.25) is 0 Å². The minimum absolute atomic E-state index is 0.447. The molecule has 1 aromatic heterocycles. The first kappa shape index (κ1) is 12.2. The van der Waals surface area contributed by atoms with Crippen LogP contribution in [0.4, 0.5) is 5.69 Å². The molecule has 1 saturated carbocycles. The second kappa shape index (κ2) is 5.03. The highest BCUT2D eigenvalue weighted by Gasteiger charge is 2.24. The molecule has 1 aliphatic carbocycles. The Balaban J connectivity index is 1.83. The maximum absolute atomic E-state index is 5.77. The molecule has 4 nitrogen and oxygen atoms in total. The molecular formula is C15H19N3O. The molecule has 1 aliphatic rings. The van der Waals surface area contributed by atoms with E-state index in [-0.39, 0.29) is 0 Å². The maximum Gasteiger partial charge on any atom is 0.258 e. The summed E-state index contributed by atoms with van der Waals surface area (Å²) in [5, 5.41) is 4.15. The summed E-state index contributed by atoms with van der Waals surface area (Å²) in [5.74, 6) is 2.62. The Bertz CT molecular complexity index is 564. The molecule has 1 fully saturated rings. The summed E-state index contributed by atoms with van der Waals surface area (Å²) in [4.78, 5) is 4.55. The minimum Gasteiger partial charge on any atom is -0.399 e. The number of hydrogen-bond acceptors (Lipinski definition) is 4. The zero-order valence-electron chi connectivity index (χ0n) is 11.2. The molecule has 0 radical (unpaired) electrons. The van der Waals surface area contributed by atoms with Gasteiger partial charge >= 0.3 is 0 Å². The molecule has 0 spiro atoms. The summed E-state index contributed by atoms with van der Waals surface area (Å²) in [7, 11) is 0. The SMILES string of the molecule is CC1CCCC(c2noc(-c3cccc(N)c3)n2)C1. The standard InChI is InChI=1S/C15H19N3O/c1-10-4-2-5-11(8-10)14-17-15(19-18-14)12-6-3-7-13(16)9-12/h3,6-7,9-11H,2,4-5,8,16H2,1H3. The third-order valence-corrected chi connectivity index (χ3v) is 3.88. The number of nitrogens with zero attached hydrogens (tertiary/aromatic N) is 2. The Kier molecular flexibility index (Phi) is 3.23. The second-order valence-corrected chi connectivity index (χ2v) is 5.55. The lowest BCUT2D eigenvalue weighted by atomic mass is 9.82. The highest BCUT2D eigenvalue weighted by Crippen LogP contribution is 2.35. The molecule has 0 bridgehead atoms. The molecule has 0 saturated heterocycles. The van der Waals surface area contributed by atoms with Gasteiger partial charge in [-0.2, -0.15) is 4.98 Å². The van der Waals surface area contributed by atoms with Gasteiger partial charge in [0.05, 0.1) is 0 Å². The van der Waals surface area contributed by atoms with Gasteiger partial charge in [0.25, 0.3) is 5.89 Å². The van der Waals surface area contributed by atoms with Crippen molar-refractivity contribution in [2.75, 3.05) is 5.73 Å². The summed E-state index contributed by atoms with van der Waals surface area (Å²) >= 11 is 0. The van der Waals surface area contributed by atoms with E-state index in [1.54, 1.807) is 0 Å². The molecule has 2 unspecified atom stereocenters. The number of rotatable bonds is 2. The molecule has 2 aromatic rings. The smallest absolute Gasteiger partial charge is 0.258 e. The van der Waals surface area contributed by atoms with Gasteiger partial charge in [-0.05, 0) is 37.0 Å². The van der Waals surface area contributed by atoms with E-state index < -0.39 is 0 Å². The van der Waals surface area contributed by atoms with E-state index in [0.717, 1.165) is 23.7 Å². The fourth-order valence-corrected chi connectivity index (χ4v) is 2.86. The van der Waals surface area contributed by atoms with Crippen molar-refractivity contribution in [1.29, 1.82) is 0 Å². The third-order valence-electron chi connectivity index (χ3n) is 3.88. The summed E-state index contributed by atoms with van der Waals surface area (Å²) in [6.45, 7) is 2.30. The van der Waals surface area contributed by atoms with Crippen LogP contribution in [-0.4, -0.2) is 10.1 Å². The quantitative estimate of drug-likeness (QED) is 0.835. The maximum atomic E-state index is 5.77. The first-order chi connectivity index (χ1) is 9.22. The largest absolute Gasteiger partial charge is 0.399 e. The Morgan fingerprint density at radius 1 is 1.32 bits per heavy atom. The predicted molar refractivity (Wildman–Crippen MR) is 74.5 cm³/mol. The van der Waals surface area contributed by atoms with Gasteiger partial charge in [0.1, 0.15) is 0 Å². The number of nitrogens with two attached hydrogens (primary N) is 1. The Hall–Kier alpha value is -1.84. The van der Waals surface area contributed by atoms with Gasteiger partial charge < -0.3 is 10.3 Å². The van der Waals surface area contributed by atoms with Crippen LogP contribution < -0.4 is 5.73 Å². The molecule has 1 heterocycles. The number of hydrogen-bond donors (Lipinski definition) is 1. The van der Waals surface area contributed by atoms with Crippen molar-refractivity contribution in [2.45, 2.75) is 38.5 Å². The molecular weight excluding hydrogens is 238 g/mol. The van der Waals surface area contributed by atoms with Crippen molar-refractivity contribution in [3.8, 4) is 11.5 Å². The van der Waals surface area contributed by atoms with Gasteiger partial charge in [-0.15, -0.1) is 0 Å². The average Bonchev–Trinajstić information content (AvgIpc) is 2.88. The van der Waals surface area contributed by atoms with E-state index in [1.807, 2.05) is 24.3 Å². The Labute approximate surface area is 113 Å². The van der Waals surface area contributed by atoms with Crippen molar-refractivity contribution in [2.24, 2.45) is 5.92 Å². The van der Waals surface area contributed by atoms with E-state index in [1.165, 1.54) is 19.3 Å². The van der Waals surface area contributed by atoms with Gasteiger partial charge in [-0.1, -0.05) is 31.0 Å². The Morgan fingerprint density at radius 2 is 2.21 bits per heavy atom. The van der Waals surface area contributed by atoms with Gasteiger partial charge in [0.15, 0.2) is 5.82 Å². The van der Waals surface area contributed by atoms with Crippen LogP contribution in [0.15, 0.2) is 28.8 Å². The van der Waals surface area contributed by atoms with Gasteiger partial charge in [0, 0.05) is 17.2 Å². The molecule has 19 heavy (non-hydrogen) atoms. The van der Waals surface area contributed by atoms with Gasteiger partial charge in [0.2, 0.25) is 0 Å². The predicted octanol–water partition coefficient (Wildman–Crippen LogP) is 3.61. The lowest BCUT2D eigenvalue weighted by Gasteiger charge is -2.23. The van der Waals surface area contributed by atoms with Crippen LogP contribution >= 0.6 is 0 Å². The van der Waals surface area contributed by atoms with Crippen LogP contribution in [-0.2, 0) is 0 Å². The van der Waals surface area contributed by atoms with E-state index in [0.29, 0.717) is 17.5 Å². The van der Waals surface area contributed by atoms with Crippen LogP contribution in [0.5, 0.6) is 0 Å². The van der Waals surface area contributed by atoms with Crippen LogP contribution in [0, 0.1) is 5.92 Å². The van der Waals surface area contributed by atoms with Crippen molar-refractivity contribution in [1.82, 2.24) is 10.1 Å². The van der Waals surface area contributed by atoms with E-state index in [2.05, 4.69) is 17.1 Å². The second-order valence-electron chi connectivity index (χ2n) is 5.55. The lowest BCUT2D eigenvalue weighted by molar-refractivity contribution is 0.324. The highest BCUT2D eigenvalue weighted by atomic mass is 16.5. The molecule has 2 atom stereocenters. The van der Waals surface area contributed by atoms with Crippen molar-refractivity contribution < 1.29 is 4.52 Å². The molecule has 1 aromatic carbocycles. The highest BCUT2D eigenvalue weighted by molar-refractivity contribution is 5.59. The summed E-state index contributed by atoms with van der Waals surface area (Å²) in [6.07, 6.45) is 4.90. The average molecular weight is 257 g/mol. The first-order valence-electron chi connectivity index (χ1n) is 6.92. The molecule has 100 valence electrons. The number of benzene rings is 1. The molecule has 3 rings (SSSR count). The van der Waals surface area contributed by atoms with E-state index in [9.17, 15) is 0 Å². The summed E-state index contributed by atoms with van der Waals surface area (Å²) < 4.78 is 5.38. The summed E-state index contributed by atoms with van der Waals surface area (Å²) in [5.41, 5.74) is 7.38. The van der Waals surface area contributed by atoms with E-state index in [4.69, 9.17) is 10.3 Å². The van der Waals surface area contributed by atoms with Crippen LogP contribution in [0.3, 0.4) is 0 Å². The van der Waals surface area contributed by atoms with Gasteiger partial charge in [-0.25, -0.2) is 0 Å². The molecule has 2 N–H and O–H groups in total. The molecule has 0 amide bonds. The number of aromatic nitrogens is 2. The van der Waals surface area contributed by atoms with Crippen molar-refractivity contribution in [3.05, 3.63) is 30.1 Å². The normalized spacial score (nSPS) is 23.4.